The first-order valence-electron chi connectivity index (χ1n) is 11.2. The molecule has 4 rings (SSSR count). The number of halogens is 1. The molecule has 2 aliphatic rings. The van der Waals surface area contributed by atoms with Crippen LogP contribution in [0.1, 0.15) is 24.0 Å². The van der Waals surface area contributed by atoms with Crippen molar-refractivity contribution in [3.63, 3.8) is 0 Å². The fraction of sp³-hybridized carbons (Fsp3) is 0.375. The molecule has 36 heavy (non-hydrogen) atoms. The quantitative estimate of drug-likeness (QED) is 0.542. The average Bonchev–Trinajstić information content (AvgIpc) is 3.38. The summed E-state index contributed by atoms with van der Waals surface area (Å²) in [5.41, 5.74) is 1.49. The summed E-state index contributed by atoms with van der Waals surface area (Å²) < 4.78 is 44.8. The summed E-state index contributed by atoms with van der Waals surface area (Å²) in [5.74, 6) is -1.67. The molecule has 9 nitrogen and oxygen atoms in total. The number of rotatable bonds is 7. The van der Waals surface area contributed by atoms with Gasteiger partial charge in [0.2, 0.25) is 15.9 Å². The average molecular weight is 536 g/mol. The van der Waals surface area contributed by atoms with Crippen molar-refractivity contribution in [2.24, 2.45) is 0 Å². The van der Waals surface area contributed by atoms with E-state index in [-0.39, 0.29) is 28.7 Å². The lowest BCUT2D eigenvalue weighted by molar-refractivity contribution is -0.155. The predicted octanol–water partition coefficient (Wildman–Crippen LogP) is 2.46. The molecule has 2 heterocycles. The number of carbonyl (C=O) groups is 3. The highest BCUT2D eigenvalue weighted by Gasteiger charge is 2.57. The molecule has 0 unspecified atom stereocenters. The molecule has 2 aromatic rings. The second-order valence-corrected chi connectivity index (χ2v) is 12.2. The molecule has 2 saturated heterocycles. The number of fused-ring (bicyclic) bond motifs is 1. The molecule has 2 amide bonds. The van der Waals surface area contributed by atoms with Gasteiger partial charge in [-0.1, -0.05) is 18.2 Å². The predicted molar refractivity (Wildman–Crippen MR) is 132 cm³/mol. The zero-order chi connectivity index (χ0) is 26.3. The maximum atomic E-state index is 13.4. The molecular weight excluding hydrogens is 509 g/mol. The maximum Gasteiger partial charge on any atom is 0.330 e. The first kappa shape index (κ1) is 26.1. The lowest BCUT2D eigenvalue weighted by atomic mass is 10.0. The Bertz CT molecular complexity index is 1320. The van der Waals surface area contributed by atoms with Gasteiger partial charge in [-0.25, -0.2) is 21.9 Å². The Labute approximate surface area is 213 Å². The molecule has 0 radical (unpaired) electrons. The monoisotopic (exact) mass is 535 g/mol. The molecule has 0 aromatic heterocycles. The first-order valence-corrected chi connectivity index (χ1v) is 13.6. The Morgan fingerprint density at radius 2 is 1.92 bits per heavy atom. The number of esters is 1. The highest BCUT2D eigenvalue weighted by Crippen LogP contribution is 2.54. The fourth-order valence-corrected chi connectivity index (χ4v) is 7.19. The number of amides is 2. The van der Waals surface area contributed by atoms with Gasteiger partial charge in [-0.3, -0.25) is 9.59 Å². The number of thioether (sulfide) groups is 1. The van der Waals surface area contributed by atoms with Crippen LogP contribution in [0, 0.1) is 12.7 Å². The van der Waals surface area contributed by atoms with E-state index in [9.17, 15) is 27.2 Å². The Kier molecular flexibility index (Phi) is 7.13. The maximum absolute atomic E-state index is 13.4. The van der Waals surface area contributed by atoms with Gasteiger partial charge < -0.3 is 15.0 Å². The third-order valence-electron chi connectivity index (χ3n) is 6.27. The number of nitrogens with one attached hydrogen (secondary N) is 1. The Morgan fingerprint density at radius 1 is 1.22 bits per heavy atom. The highest BCUT2D eigenvalue weighted by molar-refractivity contribution is 8.00. The van der Waals surface area contributed by atoms with E-state index in [1.807, 2.05) is 0 Å². The van der Waals surface area contributed by atoms with Crippen molar-refractivity contribution in [1.29, 1.82) is 0 Å². The zero-order valence-corrected chi connectivity index (χ0v) is 21.6. The summed E-state index contributed by atoms with van der Waals surface area (Å²) in [6.45, 7) is 1.05. The lowest BCUT2D eigenvalue weighted by Gasteiger charge is -2.33. The van der Waals surface area contributed by atoms with Gasteiger partial charge in [0.15, 0.2) is 6.61 Å². The number of aryl methyl sites for hydroxylation is 1. The molecule has 192 valence electrons. The van der Waals surface area contributed by atoms with Crippen LogP contribution < -0.4 is 5.32 Å². The van der Waals surface area contributed by atoms with Gasteiger partial charge in [0, 0.05) is 32.0 Å². The van der Waals surface area contributed by atoms with E-state index in [1.54, 1.807) is 31.2 Å². The van der Waals surface area contributed by atoms with Crippen LogP contribution in [0.3, 0.4) is 0 Å². The van der Waals surface area contributed by atoms with Crippen molar-refractivity contribution in [2.45, 2.75) is 35.6 Å². The molecule has 2 aromatic carbocycles. The lowest BCUT2D eigenvalue weighted by Crippen LogP contribution is -2.47. The second kappa shape index (κ2) is 9.83. The third-order valence-corrected chi connectivity index (χ3v) is 9.82. The van der Waals surface area contributed by atoms with Crippen molar-refractivity contribution in [3.05, 3.63) is 59.4 Å². The molecule has 1 N–H and O–H groups in total. The minimum atomic E-state index is -3.71. The van der Waals surface area contributed by atoms with Crippen molar-refractivity contribution in [3.8, 4) is 0 Å². The molecule has 2 aliphatic heterocycles. The number of sulfonamides is 1. The van der Waals surface area contributed by atoms with E-state index in [1.165, 1.54) is 49.0 Å². The molecule has 0 spiro atoms. The molecule has 2 atom stereocenters. The van der Waals surface area contributed by atoms with Crippen molar-refractivity contribution < 1.29 is 31.9 Å². The molecule has 12 heteroatoms. The molecule has 0 aliphatic carbocycles. The van der Waals surface area contributed by atoms with Gasteiger partial charge in [-0.15, -0.1) is 11.8 Å². The van der Waals surface area contributed by atoms with Gasteiger partial charge in [-0.05, 0) is 48.7 Å². The summed E-state index contributed by atoms with van der Waals surface area (Å²) >= 11 is 1.42. The second-order valence-electron chi connectivity index (χ2n) is 8.81. The number of hydrogen-bond donors (Lipinski definition) is 1. The van der Waals surface area contributed by atoms with Gasteiger partial charge in [0.25, 0.3) is 5.91 Å². The Hall–Kier alpha value is -2.96. The van der Waals surface area contributed by atoms with E-state index in [0.29, 0.717) is 12.0 Å². The summed E-state index contributed by atoms with van der Waals surface area (Å²) in [7, 11) is -0.885. The van der Waals surface area contributed by atoms with Crippen LogP contribution in [-0.4, -0.2) is 67.9 Å². The van der Waals surface area contributed by atoms with E-state index in [4.69, 9.17) is 4.74 Å². The van der Waals surface area contributed by atoms with Crippen LogP contribution in [0.5, 0.6) is 0 Å². The number of ether oxygens (including phenoxy) is 1. The normalized spacial score (nSPS) is 21.5. The summed E-state index contributed by atoms with van der Waals surface area (Å²) in [6, 6.07) is 9.46. The first-order chi connectivity index (χ1) is 17.0. The minimum absolute atomic E-state index is 0.0509. The van der Waals surface area contributed by atoms with Crippen LogP contribution in [0.4, 0.5) is 10.1 Å². The minimum Gasteiger partial charge on any atom is -0.454 e. The number of benzene rings is 2. The Balaban J connectivity index is 1.42. The number of anilines is 1. The van der Waals surface area contributed by atoms with Crippen LogP contribution in [0.15, 0.2) is 47.4 Å². The largest absolute Gasteiger partial charge is 0.454 e. The molecular formula is C24H26FN3O6S2. The van der Waals surface area contributed by atoms with Crippen LogP contribution in [-0.2, 0) is 34.0 Å². The smallest absolute Gasteiger partial charge is 0.330 e. The zero-order valence-electron chi connectivity index (χ0n) is 20.0. The number of carbonyl (C=O) groups excluding carboxylic acids is 3. The van der Waals surface area contributed by atoms with Crippen molar-refractivity contribution in [1.82, 2.24) is 9.21 Å². The topological polar surface area (TPSA) is 113 Å². The number of nitrogens with zero attached hydrogens (tertiary/aromatic N) is 2. The van der Waals surface area contributed by atoms with Crippen LogP contribution in [0.2, 0.25) is 0 Å². The standard InChI is InChI=1S/C24H26FN3O6S2/c1-15-4-9-18(12-20(15)36(32,33)27(2)3)26-21(29)13-34-23(31)19-14-35-24(11-10-22(30)28(19)24)16-5-7-17(25)8-6-16/h4-9,12,19H,10-11,13-14H2,1-3H3,(H,26,29)/t19-,24-/m0/s1. The van der Waals surface area contributed by atoms with E-state index >= 15 is 0 Å². The van der Waals surface area contributed by atoms with E-state index in [2.05, 4.69) is 5.32 Å². The third kappa shape index (κ3) is 4.72. The van der Waals surface area contributed by atoms with Crippen molar-refractivity contribution in [2.75, 3.05) is 31.8 Å². The van der Waals surface area contributed by atoms with Gasteiger partial charge in [0.05, 0.1) is 4.90 Å². The van der Waals surface area contributed by atoms with E-state index < -0.39 is 45.2 Å². The summed E-state index contributed by atoms with van der Waals surface area (Å²) in [5, 5.41) is 2.54. The SMILES string of the molecule is Cc1ccc(NC(=O)COC(=O)[C@@H]2CS[C@]3(c4ccc(F)cc4)CCC(=O)N23)cc1S(=O)(=O)N(C)C. The molecule has 0 saturated carbocycles. The fourth-order valence-electron chi connectivity index (χ4n) is 4.41. The number of hydrogen-bond acceptors (Lipinski definition) is 7. The highest BCUT2D eigenvalue weighted by atomic mass is 32.2. The van der Waals surface area contributed by atoms with Gasteiger partial charge >= 0.3 is 5.97 Å². The Morgan fingerprint density at radius 3 is 2.58 bits per heavy atom. The van der Waals surface area contributed by atoms with Gasteiger partial charge in [0.1, 0.15) is 16.7 Å². The molecule has 2 fully saturated rings. The van der Waals surface area contributed by atoms with Crippen LogP contribution >= 0.6 is 11.8 Å². The summed E-state index contributed by atoms with van der Waals surface area (Å²) in [6.07, 6.45) is 0.734. The van der Waals surface area contributed by atoms with Gasteiger partial charge in [-0.2, -0.15) is 0 Å². The van der Waals surface area contributed by atoms with E-state index in [0.717, 1.165) is 9.87 Å². The van der Waals surface area contributed by atoms with Crippen molar-refractivity contribution >= 4 is 45.3 Å². The molecule has 0 bridgehead atoms. The summed E-state index contributed by atoms with van der Waals surface area (Å²) in [4.78, 5) is 38.8. The van der Waals surface area contributed by atoms with Crippen LogP contribution in [0.25, 0.3) is 0 Å².